The Labute approximate surface area is 169 Å². The second-order valence-electron chi connectivity index (χ2n) is 6.75. The molecule has 4 aromatic heterocycles. The quantitative estimate of drug-likeness (QED) is 0.531. The molecular weight excluding hydrogens is 394 g/mol. The minimum atomic E-state index is 0.0969. The van der Waals surface area contributed by atoms with E-state index in [0.717, 1.165) is 46.4 Å². The number of hydrogen-bond donors (Lipinski definition) is 2. The Balaban J connectivity index is 1.42. The first kappa shape index (κ1) is 17.5. The maximum absolute atomic E-state index is 10.5. The van der Waals surface area contributed by atoms with Gasteiger partial charge in [0, 0.05) is 31.5 Å². The Bertz CT molecular complexity index is 1070. The number of hydrogen-bond acceptors (Lipinski definition) is 9. The van der Waals surface area contributed by atoms with Crippen LogP contribution in [0.5, 0.6) is 5.75 Å². The molecule has 1 aliphatic rings. The third-order valence-electron chi connectivity index (χ3n) is 4.98. The summed E-state index contributed by atoms with van der Waals surface area (Å²) in [5.41, 5.74) is 1.23. The third kappa shape index (κ3) is 3.13. The Hall–Kier alpha value is -2.56. The molecule has 0 saturated carbocycles. The van der Waals surface area contributed by atoms with E-state index in [9.17, 15) is 5.11 Å². The van der Waals surface area contributed by atoms with E-state index in [1.807, 2.05) is 0 Å². The lowest BCUT2D eigenvalue weighted by atomic mass is 10.1. The molecule has 8 nitrogen and oxygen atoms in total. The number of thiazole rings is 2. The highest BCUT2D eigenvalue weighted by atomic mass is 32.1. The van der Waals surface area contributed by atoms with E-state index in [2.05, 4.69) is 32.2 Å². The Morgan fingerprint density at radius 1 is 1.21 bits per heavy atom. The number of imidazole rings is 1. The fourth-order valence-corrected chi connectivity index (χ4v) is 5.47. The monoisotopic (exact) mass is 413 g/mol. The van der Waals surface area contributed by atoms with Gasteiger partial charge in [-0.15, -0.1) is 0 Å². The molecule has 0 unspecified atom stereocenters. The van der Waals surface area contributed by atoms with Crippen molar-refractivity contribution in [2.24, 2.45) is 0 Å². The van der Waals surface area contributed by atoms with Gasteiger partial charge in [0.15, 0.2) is 14.8 Å². The van der Waals surface area contributed by atoms with Gasteiger partial charge in [0.05, 0.1) is 18.2 Å². The van der Waals surface area contributed by atoms with Gasteiger partial charge in [0.25, 0.3) is 0 Å². The van der Waals surface area contributed by atoms with Crippen LogP contribution >= 0.6 is 22.7 Å². The van der Waals surface area contributed by atoms with Crippen LogP contribution in [0.15, 0.2) is 31.0 Å². The average Bonchev–Trinajstić information content (AvgIpc) is 3.44. The summed E-state index contributed by atoms with van der Waals surface area (Å²) < 4.78 is 1.79. The zero-order chi connectivity index (χ0) is 19.1. The zero-order valence-corrected chi connectivity index (χ0v) is 16.9. The van der Waals surface area contributed by atoms with Gasteiger partial charge < -0.3 is 19.9 Å². The molecule has 0 aliphatic carbocycles. The van der Waals surface area contributed by atoms with Gasteiger partial charge in [-0.05, 0) is 25.9 Å². The molecular formula is C18H19N7OS2. The molecule has 4 aromatic rings. The maximum atomic E-state index is 10.5. The topological polar surface area (TPSA) is 92.0 Å². The summed E-state index contributed by atoms with van der Waals surface area (Å²) in [6, 6.07) is 2.19. The first-order valence-electron chi connectivity index (χ1n) is 9.07. The first-order valence-corrected chi connectivity index (χ1v) is 10.7. The predicted molar refractivity (Wildman–Crippen MR) is 112 cm³/mol. The summed E-state index contributed by atoms with van der Waals surface area (Å²) >= 11 is 3.05. The molecule has 1 saturated heterocycles. The van der Waals surface area contributed by atoms with E-state index in [4.69, 9.17) is 4.98 Å². The van der Waals surface area contributed by atoms with E-state index in [0.29, 0.717) is 16.7 Å². The lowest BCUT2D eigenvalue weighted by molar-refractivity contribution is 0.443. The fourth-order valence-electron chi connectivity index (χ4n) is 3.39. The number of anilines is 1. The molecule has 0 atom stereocenters. The number of nitrogens with one attached hydrogen (secondary N) is 1. The van der Waals surface area contributed by atoms with Crippen LogP contribution in [0.25, 0.3) is 26.0 Å². The predicted octanol–water partition coefficient (Wildman–Crippen LogP) is 2.89. The molecule has 0 radical (unpaired) electrons. The lowest BCUT2D eigenvalue weighted by Crippen LogP contribution is -2.41. The van der Waals surface area contributed by atoms with E-state index >= 15 is 0 Å². The number of aromatic nitrogens is 5. The number of aromatic hydroxyl groups is 1. The molecule has 1 aliphatic heterocycles. The van der Waals surface area contributed by atoms with Crippen LogP contribution in [0, 0.1) is 0 Å². The van der Waals surface area contributed by atoms with Gasteiger partial charge in [-0.2, -0.15) is 0 Å². The van der Waals surface area contributed by atoms with Crippen molar-refractivity contribution in [2.45, 2.75) is 18.9 Å². The summed E-state index contributed by atoms with van der Waals surface area (Å²) in [5, 5.41) is 15.5. The SMILES string of the molecule is CN(c1nc2sc(-c3ncc(-n4ccnc4)cc3O)nc2s1)C1CCNCC1. The van der Waals surface area contributed by atoms with Crippen molar-refractivity contribution in [2.75, 3.05) is 25.0 Å². The smallest absolute Gasteiger partial charge is 0.188 e. The summed E-state index contributed by atoms with van der Waals surface area (Å²) in [5.74, 6) is 0.0969. The van der Waals surface area contributed by atoms with E-state index < -0.39 is 0 Å². The summed E-state index contributed by atoms with van der Waals surface area (Å²) in [7, 11) is 2.11. The molecule has 0 aromatic carbocycles. The zero-order valence-electron chi connectivity index (χ0n) is 15.2. The fraction of sp³-hybridized carbons (Fsp3) is 0.333. The number of piperidine rings is 1. The normalized spacial score (nSPS) is 15.3. The Morgan fingerprint density at radius 2 is 2.04 bits per heavy atom. The second kappa shape index (κ2) is 7.12. The lowest BCUT2D eigenvalue weighted by Gasteiger charge is -2.31. The largest absolute Gasteiger partial charge is 0.505 e. The number of pyridine rings is 1. The maximum Gasteiger partial charge on any atom is 0.188 e. The van der Waals surface area contributed by atoms with Gasteiger partial charge >= 0.3 is 0 Å². The average molecular weight is 414 g/mol. The van der Waals surface area contributed by atoms with E-state index in [-0.39, 0.29) is 5.75 Å². The van der Waals surface area contributed by atoms with Gasteiger partial charge in [-0.1, -0.05) is 22.7 Å². The molecule has 0 spiro atoms. The molecule has 10 heteroatoms. The van der Waals surface area contributed by atoms with Gasteiger partial charge in [-0.3, -0.25) is 0 Å². The summed E-state index contributed by atoms with van der Waals surface area (Å²) in [6.07, 6.45) is 9.12. The van der Waals surface area contributed by atoms with Crippen LogP contribution in [0.4, 0.5) is 5.13 Å². The van der Waals surface area contributed by atoms with E-state index in [1.165, 1.54) is 11.3 Å². The third-order valence-corrected chi connectivity index (χ3v) is 7.11. The van der Waals surface area contributed by atoms with Gasteiger partial charge in [0.1, 0.15) is 16.5 Å². The van der Waals surface area contributed by atoms with E-state index in [1.54, 1.807) is 46.9 Å². The molecule has 0 amide bonds. The molecule has 1 fully saturated rings. The van der Waals surface area contributed by atoms with Crippen molar-refractivity contribution in [3.8, 4) is 22.1 Å². The van der Waals surface area contributed by atoms with Crippen molar-refractivity contribution in [1.29, 1.82) is 0 Å². The van der Waals surface area contributed by atoms with Crippen molar-refractivity contribution in [3.05, 3.63) is 31.0 Å². The van der Waals surface area contributed by atoms with Crippen LogP contribution in [0.3, 0.4) is 0 Å². The minimum absolute atomic E-state index is 0.0969. The standard InChI is InChI=1S/C18H19N7OS2/c1-24(11-2-4-19-5-3-11)18-23-17-16(28-18)22-15(27-17)14-13(26)8-12(9-21-14)25-7-6-20-10-25/h6-11,19,26H,2-5H2,1H3. The van der Waals surface area contributed by atoms with Gasteiger partial charge in [0.2, 0.25) is 0 Å². The van der Waals surface area contributed by atoms with Crippen LogP contribution in [0.1, 0.15) is 12.8 Å². The molecule has 28 heavy (non-hydrogen) atoms. The molecule has 0 bridgehead atoms. The van der Waals surface area contributed by atoms with Crippen molar-refractivity contribution in [1.82, 2.24) is 29.8 Å². The molecule has 5 rings (SSSR count). The highest BCUT2D eigenvalue weighted by molar-refractivity contribution is 7.29. The number of rotatable bonds is 4. The number of nitrogens with zero attached hydrogens (tertiary/aromatic N) is 6. The van der Waals surface area contributed by atoms with Crippen LogP contribution in [0.2, 0.25) is 0 Å². The highest BCUT2D eigenvalue weighted by Crippen LogP contribution is 2.38. The minimum Gasteiger partial charge on any atom is -0.505 e. The van der Waals surface area contributed by atoms with Crippen molar-refractivity contribution < 1.29 is 5.11 Å². The Morgan fingerprint density at radius 3 is 2.75 bits per heavy atom. The van der Waals surface area contributed by atoms with Crippen LogP contribution in [-0.2, 0) is 0 Å². The van der Waals surface area contributed by atoms with Crippen LogP contribution < -0.4 is 10.2 Å². The van der Waals surface area contributed by atoms with Crippen molar-refractivity contribution in [3.63, 3.8) is 0 Å². The van der Waals surface area contributed by atoms with Gasteiger partial charge in [-0.25, -0.2) is 19.9 Å². The first-order chi connectivity index (χ1) is 13.7. The number of fused-ring (bicyclic) bond motifs is 1. The Kier molecular flexibility index (Phi) is 4.46. The molecule has 5 heterocycles. The van der Waals surface area contributed by atoms with Crippen molar-refractivity contribution >= 4 is 37.5 Å². The van der Waals surface area contributed by atoms with Crippen LogP contribution in [-0.4, -0.2) is 55.8 Å². The molecule has 144 valence electrons. The second-order valence-corrected chi connectivity index (χ2v) is 8.68. The summed E-state index contributed by atoms with van der Waals surface area (Å²) in [6.45, 7) is 2.11. The highest BCUT2D eigenvalue weighted by Gasteiger charge is 2.22. The molecule has 2 N–H and O–H groups in total. The summed E-state index contributed by atoms with van der Waals surface area (Å²) in [4.78, 5) is 21.9.